The molecule has 1 aromatic carbocycles. The topological polar surface area (TPSA) is 77.2 Å². The molecular formula is C16H21N3O3. The molecule has 0 aliphatic carbocycles. The van der Waals surface area contributed by atoms with Crippen LogP contribution >= 0.6 is 0 Å². The third-order valence-corrected chi connectivity index (χ3v) is 3.39. The third kappa shape index (κ3) is 4.07. The molecule has 1 amide bonds. The van der Waals surface area contributed by atoms with E-state index in [1.54, 1.807) is 7.11 Å². The van der Waals surface area contributed by atoms with E-state index in [4.69, 9.17) is 9.15 Å². The molecule has 2 aromatic rings. The number of rotatable bonds is 7. The summed E-state index contributed by atoms with van der Waals surface area (Å²) in [6.07, 6.45) is 1.66. The highest BCUT2D eigenvalue weighted by molar-refractivity contribution is 5.76. The summed E-state index contributed by atoms with van der Waals surface area (Å²) in [4.78, 5) is 11.7. The average molecular weight is 303 g/mol. The summed E-state index contributed by atoms with van der Waals surface area (Å²) >= 11 is 0. The molecule has 0 radical (unpaired) electrons. The number of aryl methyl sites for hydroxylation is 1. The van der Waals surface area contributed by atoms with Crippen LogP contribution in [0.3, 0.4) is 0 Å². The van der Waals surface area contributed by atoms with Crippen molar-refractivity contribution in [2.45, 2.75) is 39.2 Å². The van der Waals surface area contributed by atoms with Crippen LogP contribution in [0.1, 0.15) is 32.6 Å². The van der Waals surface area contributed by atoms with E-state index in [9.17, 15) is 4.79 Å². The number of carbonyl (C=O) groups is 1. The molecule has 118 valence electrons. The lowest BCUT2D eigenvalue weighted by Crippen LogP contribution is -2.32. The Morgan fingerprint density at radius 1 is 1.36 bits per heavy atom. The number of amides is 1. The summed E-state index contributed by atoms with van der Waals surface area (Å²) in [5.41, 5.74) is 0.743. The molecule has 6 nitrogen and oxygen atoms in total. The molecule has 0 aliphatic rings. The van der Waals surface area contributed by atoms with Crippen LogP contribution < -0.4 is 10.1 Å². The van der Waals surface area contributed by atoms with Crippen LogP contribution in [-0.2, 0) is 11.2 Å². The first kappa shape index (κ1) is 16.0. The first-order valence-corrected chi connectivity index (χ1v) is 7.39. The number of hydrogen-bond acceptors (Lipinski definition) is 5. The van der Waals surface area contributed by atoms with Crippen molar-refractivity contribution in [3.8, 4) is 17.2 Å². The molecule has 0 fully saturated rings. The minimum absolute atomic E-state index is 0.00797. The first-order chi connectivity index (χ1) is 10.6. The Hall–Kier alpha value is -2.37. The fourth-order valence-electron chi connectivity index (χ4n) is 1.95. The van der Waals surface area contributed by atoms with Gasteiger partial charge in [0.15, 0.2) is 0 Å². The summed E-state index contributed by atoms with van der Waals surface area (Å²) in [5, 5.41) is 10.9. The largest absolute Gasteiger partial charge is 0.496 e. The highest BCUT2D eigenvalue weighted by Crippen LogP contribution is 2.28. The standard InChI is InChI=1S/C16H21N3O3/c1-4-11(2)17-14(20)9-10-15-18-19-16(22-15)12-7-5-6-8-13(12)21-3/h5-8,11H,4,9-10H2,1-3H3,(H,17,20). The highest BCUT2D eigenvalue weighted by atomic mass is 16.5. The number of methoxy groups -OCH3 is 1. The minimum atomic E-state index is -0.00797. The van der Waals surface area contributed by atoms with Crippen LogP contribution in [0.5, 0.6) is 5.75 Å². The Labute approximate surface area is 129 Å². The van der Waals surface area contributed by atoms with Crippen molar-refractivity contribution in [2.24, 2.45) is 0 Å². The fourth-order valence-corrected chi connectivity index (χ4v) is 1.95. The molecule has 1 heterocycles. The Morgan fingerprint density at radius 2 is 2.14 bits per heavy atom. The number of nitrogens with one attached hydrogen (secondary N) is 1. The lowest BCUT2D eigenvalue weighted by atomic mass is 10.2. The predicted molar refractivity (Wildman–Crippen MR) is 82.5 cm³/mol. The number of nitrogens with zero attached hydrogens (tertiary/aromatic N) is 2. The number of hydrogen-bond donors (Lipinski definition) is 1. The quantitative estimate of drug-likeness (QED) is 0.850. The average Bonchev–Trinajstić information content (AvgIpc) is 3.01. The van der Waals surface area contributed by atoms with E-state index in [0.29, 0.717) is 30.4 Å². The normalized spacial score (nSPS) is 12.0. The van der Waals surface area contributed by atoms with E-state index >= 15 is 0 Å². The maximum atomic E-state index is 11.7. The molecule has 1 atom stereocenters. The minimum Gasteiger partial charge on any atom is -0.496 e. The second-order valence-corrected chi connectivity index (χ2v) is 5.08. The van der Waals surface area contributed by atoms with E-state index in [0.717, 1.165) is 12.0 Å². The lowest BCUT2D eigenvalue weighted by molar-refractivity contribution is -0.121. The summed E-state index contributed by atoms with van der Waals surface area (Å²) in [6.45, 7) is 4.01. The van der Waals surface area contributed by atoms with Crippen molar-refractivity contribution in [3.63, 3.8) is 0 Å². The first-order valence-electron chi connectivity index (χ1n) is 7.39. The van der Waals surface area contributed by atoms with Gasteiger partial charge in [0.2, 0.25) is 11.8 Å². The zero-order valence-electron chi connectivity index (χ0n) is 13.1. The Kier molecular flexibility index (Phi) is 5.52. The lowest BCUT2D eigenvalue weighted by Gasteiger charge is -2.10. The van der Waals surface area contributed by atoms with E-state index < -0.39 is 0 Å². The van der Waals surface area contributed by atoms with E-state index in [1.807, 2.05) is 38.1 Å². The van der Waals surface area contributed by atoms with Crippen LogP contribution in [0.4, 0.5) is 0 Å². The van der Waals surface area contributed by atoms with Gasteiger partial charge in [-0.1, -0.05) is 19.1 Å². The monoisotopic (exact) mass is 303 g/mol. The second kappa shape index (κ2) is 7.59. The summed E-state index contributed by atoms with van der Waals surface area (Å²) in [5.74, 6) is 1.51. The van der Waals surface area contributed by atoms with Gasteiger partial charge in [-0.15, -0.1) is 10.2 Å². The van der Waals surface area contributed by atoms with Crippen molar-refractivity contribution >= 4 is 5.91 Å². The number of benzene rings is 1. The van der Waals surface area contributed by atoms with E-state index in [-0.39, 0.29) is 11.9 Å². The van der Waals surface area contributed by atoms with Gasteiger partial charge in [-0.05, 0) is 25.5 Å². The fraction of sp³-hybridized carbons (Fsp3) is 0.438. The Balaban J connectivity index is 1.98. The molecule has 0 spiro atoms. The SMILES string of the molecule is CCC(C)NC(=O)CCc1nnc(-c2ccccc2OC)o1. The van der Waals surface area contributed by atoms with Gasteiger partial charge < -0.3 is 14.5 Å². The van der Waals surface area contributed by atoms with Gasteiger partial charge >= 0.3 is 0 Å². The van der Waals surface area contributed by atoms with Crippen molar-refractivity contribution in [3.05, 3.63) is 30.2 Å². The van der Waals surface area contributed by atoms with E-state index in [2.05, 4.69) is 15.5 Å². The predicted octanol–water partition coefficient (Wildman–Crippen LogP) is 2.59. The van der Waals surface area contributed by atoms with Gasteiger partial charge in [-0.3, -0.25) is 4.79 Å². The zero-order valence-corrected chi connectivity index (χ0v) is 13.1. The maximum Gasteiger partial charge on any atom is 0.251 e. The molecule has 1 unspecified atom stereocenters. The molecule has 0 bridgehead atoms. The second-order valence-electron chi connectivity index (χ2n) is 5.08. The molecule has 2 rings (SSSR count). The summed E-state index contributed by atoms with van der Waals surface area (Å²) < 4.78 is 10.9. The Bertz CT molecular complexity index is 625. The molecule has 0 aliphatic heterocycles. The number of aromatic nitrogens is 2. The van der Waals surface area contributed by atoms with Crippen LogP contribution in [0.25, 0.3) is 11.5 Å². The number of carbonyl (C=O) groups excluding carboxylic acids is 1. The molecular weight excluding hydrogens is 282 g/mol. The molecule has 6 heteroatoms. The van der Waals surface area contributed by atoms with Gasteiger partial charge in [0.05, 0.1) is 12.7 Å². The van der Waals surface area contributed by atoms with Gasteiger partial charge in [0.1, 0.15) is 5.75 Å². The zero-order chi connectivity index (χ0) is 15.9. The van der Waals surface area contributed by atoms with Crippen molar-refractivity contribution in [2.75, 3.05) is 7.11 Å². The van der Waals surface area contributed by atoms with Gasteiger partial charge in [0, 0.05) is 18.9 Å². The van der Waals surface area contributed by atoms with Crippen LogP contribution in [-0.4, -0.2) is 29.3 Å². The highest BCUT2D eigenvalue weighted by Gasteiger charge is 2.14. The Morgan fingerprint density at radius 3 is 2.86 bits per heavy atom. The van der Waals surface area contributed by atoms with Gasteiger partial charge in [0.25, 0.3) is 5.89 Å². The maximum absolute atomic E-state index is 11.7. The van der Waals surface area contributed by atoms with E-state index in [1.165, 1.54) is 0 Å². The van der Waals surface area contributed by atoms with Crippen molar-refractivity contribution < 1.29 is 13.9 Å². The van der Waals surface area contributed by atoms with Crippen LogP contribution in [0, 0.1) is 0 Å². The third-order valence-electron chi connectivity index (χ3n) is 3.39. The molecule has 1 aromatic heterocycles. The van der Waals surface area contributed by atoms with Crippen molar-refractivity contribution in [1.29, 1.82) is 0 Å². The summed E-state index contributed by atoms with van der Waals surface area (Å²) in [6, 6.07) is 7.62. The number of para-hydroxylation sites is 1. The van der Waals surface area contributed by atoms with Gasteiger partial charge in [-0.2, -0.15) is 0 Å². The van der Waals surface area contributed by atoms with Crippen LogP contribution in [0.2, 0.25) is 0 Å². The van der Waals surface area contributed by atoms with Crippen molar-refractivity contribution in [1.82, 2.24) is 15.5 Å². The summed E-state index contributed by atoms with van der Waals surface area (Å²) in [7, 11) is 1.59. The van der Waals surface area contributed by atoms with Crippen LogP contribution in [0.15, 0.2) is 28.7 Å². The number of ether oxygens (including phenoxy) is 1. The molecule has 1 N–H and O–H groups in total. The molecule has 0 saturated heterocycles. The van der Waals surface area contributed by atoms with Gasteiger partial charge in [-0.25, -0.2) is 0 Å². The molecule has 22 heavy (non-hydrogen) atoms. The molecule has 0 saturated carbocycles. The smallest absolute Gasteiger partial charge is 0.251 e.